The Bertz CT molecular complexity index is 937. The quantitative estimate of drug-likeness (QED) is 0.672. The van der Waals surface area contributed by atoms with E-state index in [1.165, 1.54) is 50.1 Å². The van der Waals surface area contributed by atoms with Crippen molar-refractivity contribution in [3.05, 3.63) is 41.5 Å². The summed E-state index contributed by atoms with van der Waals surface area (Å²) in [7, 11) is -2.43. The molecule has 0 saturated carbocycles. The maximum absolute atomic E-state index is 12.9. The predicted molar refractivity (Wildman–Crippen MR) is 98.4 cm³/mol. The minimum absolute atomic E-state index is 0.0491. The minimum atomic E-state index is -3.85. The Morgan fingerprint density at radius 1 is 1.21 bits per heavy atom. The lowest BCUT2D eigenvalue weighted by Crippen LogP contribution is -2.37. The van der Waals surface area contributed by atoms with E-state index in [2.05, 4.69) is 15.2 Å². The predicted octanol–water partition coefficient (Wildman–Crippen LogP) is 1.20. The SMILES string of the molecule is Cc1noc(C)c1S(=O)(=O)NCCC(=O)N(C)CC(=O)Nc1ccc(F)cc1. The van der Waals surface area contributed by atoms with E-state index in [1.54, 1.807) is 0 Å². The van der Waals surface area contributed by atoms with Gasteiger partial charge in [-0.05, 0) is 38.1 Å². The highest BCUT2D eigenvalue weighted by Gasteiger charge is 2.24. The molecule has 2 amide bonds. The van der Waals surface area contributed by atoms with Crippen molar-refractivity contribution in [3.63, 3.8) is 0 Å². The van der Waals surface area contributed by atoms with Crippen LogP contribution in [-0.2, 0) is 19.6 Å². The van der Waals surface area contributed by atoms with Crippen LogP contribution >= 0.6 is 0 Å². The molecule has 0 spiro atoms. The highest BCUT2D eigenvalue weighted by atomic mass is 32.2. The Morgan fingerprint density at radius 3 is 2.43 bits per heavy atom. The summed E-state index contributed by atoms with van der Waals surface area (Å²) in [6.45, 7) is 2.61. The third kappa shape index (κ3) is 5.60. The first-order valence-corrected chi connectivity index (χ1v) is 9.80. The number of benzene rings is 1. The number of amides is 2. The Labute approximate surface area is 161 Å². The van der Waals surface area contributed by atoms with Gasteiger partial charge < -0.3 is 14.7 Å². The van der Waals surface area contributed by atoms with E-state index in [0.717, 1.165) is 0 Å². The van der Waals surface area contributed by atoms with E-state index in [4.69, 9.17) is 4.52 Å². The molecular formula is C17H21FN4O5S. The summed E-state index contributed by atoms with van der Waals surface area (Å²) < 4.78 is 44.5. The van der Waals surface area contributed by atoms with Crippen LogP contribution in [0.5, 0.6) is 0 Å². The van der Waals surface area contributed by atoms with Crippen molar-refractivity contribution in [2.24, 2.45) is 0 Å². The highest BCUT2D eigenvalue weighted by Crippen LogP contribution is 2.18. The topological polar surface area (TPSA) is 122 Å². The fourth-order valence-corrected chi connectivity index (χ4v) is 3.81. The molecule has 152 valence electrons. The Hall–Kier alpha value is -2.79. The molecule has 0 radical (unpaired) electrons. The first kappa shape index (κ1) is 21.5. The van der Waals surface area contributed by atoms with Gasteiger partial charge in [0.05, 0.1) is 6.54 Å². The summed E-state index contributed by atoms with van der Waals surface area (Å²) >= 11 is 0. The second-order valence-electron chi connectivity index (χ2n) is 6.11. The van der Waals surface area contributed by atoms with Crippen LogP contribution in [-0.4, -0.2) is 50.4 Å². The van der Waals surface area contributed by atoms with Crippen LogP contribution in [0.3, 0.4) is 0 Å². The average Bonchev–Trinajstić information content (AvgIpc) is 2.95. The van der Waals surface area contributed by atoms with E-state index in [9.17, 15) is 22.4 Å². The number of hydrogen-bond donors (Lipinski definition) is 2. The summed E-state index contributed by atoms with van der Waals surface area (Å²) in [6.07, 6.45) is -0.136. The second-order valence-corrected chi connectivity index (χ2v) is 7.81. The number of carbonyl (C=O) groups is 2. The fourth-order valence-electron chi connectivity index (χ4n) is 2.45. The largest absolute Gasteiger partial charge is 0.360 e. The molecule has 0 fully saturated rings. The number of aryl methyl sites for hydroxylation is 2. The van der Waals surface area contributed by atoms with Crippen molar-refractivity contribution in [1.82, 2.24) is 14.8 Å². The van der Waals surface area contributed by atoms with Gasteiger partial charge >= 0.3 is 0 Å². The lowest BCUT2D eigenvalue weighted by Gasteiger charge is -2.17. The smallest absolute Gasteiger partial charge is 0.245 e. The molecule has 11 heteroatoms. The van der Waals surface area contributed by atoms with Crippen LogP contribution in [0, 0.1) is 19.7 Å². The first-order chi connectivity index (χ1) is 13.1. The van der Waals surface area contributed by atoms with Crippen LogP contribution < -0.4 is 10.0 Å². The fraction of sp³-hybridized carbons (Fsp3) is 0.353. The molecule has 0 atom stereocenters. The average molecular weight is 412 g/mol. The van der Waals surface area contributed by atoms with Gasteiger partial charge in [0.1, 0.15) is 16.4 Å². The molecule has 1 aromatic heterocycles. The number of carbonyl (C=O) groups excluding carboxylic acids is 2. The summed E-state index contributed by atoms with van der Waals surface area (Å²) in [4.78, 5) is 25.2. The van der Waals surface area contributed by atoms with E-state index in [1.807, 2.05) is 0 Å². The summed E-state index contributed by atoms with van der Waals surface area (Å²) in [5.74, 6) is -1.15. The number of rotatable bonds is 8. The number of aromatic nitrogens is 1. The number of nitrogens with zero attached hydrogens (tertiary/aromatic N) is 2. The first-order valence-electron chi connectivity index (χ1n) is 8.32. The molecule has 0 unspecified atom stereocenters. The third-order valence-corrected chi connectivity index (χ3v) is 5.51. The zero-order valence-electron chi connectivity index (χ0n) is 15.7. The monoisotopic (exact) mass is 412 g/mol. The van der Waals surface area contributed by atoms with Gasteiger partial charge in [0, 0.05) is 25.7 Å². The van der Waals surface area contributed by atoms with Gasteiger partial charge in [-0.3, -0.25) is 9.59 Å². The van der Waals surface area contributed by atoms with Crippen molar-refractivity contribution in [1.29, 1.82) is 0 Å². The van der Waals surface area contributed by atoms with E-state index in [0.29, 0.717) is 5.69 Å². The molecule has 0 aliphatic rings. The van der Waals surface area contributed by atoms with Crippen molar-refractivity contribution < 1.29 is 26.9 Å². The van der Waals surface area contributed by atoms with Gasteiger partial charge in [-0.25, -0.2) is 17.5 Å². The molecule has 2 aromatic rings. The lowest BCUT2D eigenvalue weighted by atomic mass is 10.3. The van der Waals surface area contributed by atoms with Crippen LogP contribution in [0.1, 0.15) is 17.9 Å². The standard InChI is InChI=1S/C17H21FN4O5S/c1-11-17(12(2)27-21-11)28(25,26)19-9-8-16(24)22(3)10-15(23)20-14-6-4-13(18)5-7-14/h4-7,19H,8-10H2,1-3H3,(H,20,23). The van der Waals surface area contributed by atoms with Gasteiger partial charge in [-0.2, -0.15) is 0 Å². The van der Waals surface area contributed by atoms with Crippen LogP contribution in [0.2, 0.25) is 0 Å². The summed E-state index contributed by atoms with van der Waals surface area (Å²) in [5, 5.41) is 6.13. The second kappa shape index (κ2) is 8.93. The van der Waals surface area contributed by atoms with Crippen molar-refractivity contribution in [2.45, 2.75) is 25.2 Å². The maximum atomic E-state index is 12.9. The summed E-state index contributed by atoms with van der Waals surface area (Å²) in [5.41, 5.74) is 0.630. The van der Waals surface area contributed by atoms with Crippen LogP contribution in [0.15, 0.2) is 33.7 Å². The molecule has 28 heavy (non-hydrogen) atoms. The van der Waals surface area contributed by atoms with Crippen LogP contribution in [0.4, 0.5) is 10.1 Å². The van der Waals surface area contributed by atoms with Gasteiger partial charge in [0.15, 0.2) is 5.76 Å². The van der Waals surface area contributed by atoms with Gasteiger partial charge in [-0.1, -0.05) is 5.16 Å². The van der Waals surface area contributed by atoms with E-state index in [-0.39, 0.29) is 35.9 Å². The lowest BCUT2D eigenvalue weighted by molar-refractivity contribution is -0.133. The van der Waals surface area contributed by atoms with E-state index < -0.39 is 27.7 Å². The number of nitrogens with one attached hydrogen (secondary N) is 2. The van der Waals surface area contributed by atoms with Crippen molar-refractivity contribution in [3.8, 4) is 0 Å². The Kier molecular flexibility index (Phi) is 6.86. The molecule has 2 rings (SSSR count). The molecule has 2 N–H and O–H groups in total. The molecule has 1 aromatic carbocycles. The van der Waals surface area contributed by atoms with Gasteiger partial charge in [-0.15, -0.1) is 0 Å². The zero-order chi connectivity index (χ0) is 20.9. The number of anilines is 1. The molecule has 9 nitrogen and oxygen atoms in total. The van der Waals surface area contributed by atoms with Gasteiger partial charge in [0.25, 0.3) is 0 Å². The number of halogens is 1. The Morgan fingerprint density at radius 2 is 1.86 bits per heavy atom. The highest BCUT2D eigenvalue weighted by molar-refractivity contribution is 7.89. The number of sulfonamides is 1. The number of likely N-dealkylation sites (N-methyl/N-ethyl adjacent to an activating group) is 1. The molecule has 0 aliphatic heterocycles. The third-order valence-electron chi connectivity index (χ3n) is 3.80. The van der Waals surface area contributed by atoms with Gasteiger partial charge in [0.2, 0.25) is 21.8 Å². The van der Waals surface area contributed by atoms with Crippen LogP contribution in [0.25, 0.3) is 0 Å². The molecule has 0 bridgehead atoms. The Balaban J connectivity index is 1.82. The molecule has 1 heterocycles. The zero-order valence-corrected chi connectivity index (χ0v) is 16.5. The van der Waals surface area contributed by atoms with Crippen molar-refractivity contribution >= 4 is 27.5 Å². The molecule has 0 saturated heterocycles. The number of hydrogen-bond acceptors (Lipinski definition) is 6. The van der Waals surface area contributed by atoms with Crippen molar-refractivity contribution in [2.75, 3.05) is 25.5 Å². The summed E-state index contributed by atoms with van der Waals surface area (Å²) in [6, 6.07) is 5.21. The normalized spacial score (nSPS) is 11.3. The molecule has 0 aliphatic carbocycles. The van der Waals surface area contributed by atoms with E-state index >= 15 is 0 Å². The maximum Gasteiger partial charge on any atom is 0.245 e. The minimum Gasteiger partial charge on any atom is -0.360 e. The molecular weight excluding hydrogens is 391 g/mol.